The van der Waals surface area contributed by atoms with Gasteiger partial charge in [-0.2, -0.15) is 0 Å². The maximum Gasteiger partial charge on any atom is 0.163 e. The molecule has 2 heterocycles. The van der Waals surface area contributed by atoms with E-state index < -0.39 is 0 Å². The minimum Gasteiger partial charge on any atom is -0.354 e. The Hall–Kier alpha value is -2.20. The van der Waals surface area contributed by atoms with Crippen LogP contribution in [0.25, 0.3) is 0 Å². The molecule has 4 heteroatoms. The third-order valence-electron chi connectivity index (χ3n) is 4.96. The van der Waals surface area contributed by atoms with Gasteiger partial charge in [-0.05, 0) is 17.7 Å². The number of fused-ring (bicyclic) bond motifs is 1. The standard InChI is InChI=1S/C19H21N3O/c23-18-13-15(16-5-1-2-6-17(16)18)14-21-9-11-22(12-10-21)19-7-3-4-8-20-19/h1-8,15H,9-14H2/t15-/m0/s1. The van der Waals surface area contributed by atoms with Crippen LogP contribution in [0.4, 0.5) is 5.82 Å². The summed E-state index contributed by atoms with van der Waals surface area (Å²) in [5.41, 5.74) is 2.18. The van der Waals surface area contributed by atoms with Crippen LogP contribution in [-0.2, 0) is 0 Å². The molecule has 4 nitrogen and oxygen atoms in total. The minimum atomic E-state index is 0.303. The van der Waals surface area contributed by atoms with E-state index in [4.69, 9.17) is 0 Å². The Morgan fingerprint density at radius 3 is 2.57 bits per heavy atom. The van der Waals surface area contributed by atoms with Crippen LogP contribution in [0.5, 0.6) is 0 Å². The Morgan fingerprint density at radius 2 is 1.78 bits per heavy atom. The van der Waals surface area contributed by atoms with E-state index in [0.29, 0.717) is 18.1 Å². The van der Waals surface area contributed by atoms with Gasteiger partial charge in [0.15, 0.2) is 5.78 Å². The van der Waals surface area contributed by atoms with Crippen molar-refractivity contribution in [2.75, 3.05) is 37.6 Å². The van der Waals surface area contributed by atoms with Gasteiger partial charge in [-0.1, -0.05) is 30.3 Å². The molecule has 2 aliphatic rings. The molecule has 0 bridgehead atoms. The fourth-order valence-electron chi connectivity index (χ4n) is 3.73. The van der Waals surface area contributed by atoms with Crippen LogP contribution in [0, 0.1) is 0 Å². The summed E-state index contributed by atoms with van der Waals surface area (Å²) in [5.74, 6) is 1.73. The van der Waals surface area contributed by atoms with Crippen molar-refractivity contribution in [3.63, 3.8) is 0 Å². The molecule has 118 valence electrons. The number of pyridine rings is 1. The van der Waals surface area contributed by atoms with Gasteiger partial charge in [0, 0.05) is 56.8 Å². The smallest absolute Gasteiger partial charge is 0.163 e. The van der Waals surface area contributed by atoms with Crippen LogP contribution in [0.3, 0.4) is 0 Å². The number of carbonyl (C=O) groups is 1. The quantitative estimate of drug-likeness (QED) is 0.873. The van der Waals surface area contributed by atoms with Gasteiger partial charge in [0.1, 0.15) is 5.82 Å². The van der Waals surface area contributed by atoms with Crippen molar-refractivity contribution in [2.45, 2.75) is 12.3 Å². The lowest BCUT2D eigenvalue weighted by atomic mass is 10.0. The van der Waals surface area contributed by atoms with Crippen LogP contribution in [-0.4, -0.2) is 48.4 Å². The van der Waals surface area contributed by atoms with Gasteiger partial charge in [0.2, 0.25) is 0 Å². The zero-order chi connectivity index (χ0) is 15.6. The maximum atomic E-state index is 12.1. The fourth-order valence-corrected chi connectivity index (χ4v) is 3.73. The van der Waals surface area contributed by atoms with Gasteiger partial charge in [-0.15, -0.1) is 0 Å². The molecular formula is C19H21N3O. The highest BCUT2D eigenvalue weighted by Gasteiger charge is 2.31. The Bertz CT molecular complexity index is 693. The number of carbonyl (C=O) groups excluding carboxylic acids is 1. The first-order valence-electron chi connectivity index (χ1n) is 8.32. The van der Waals surface area contributed by atoms with E-state index in [1.807, 2.05) is 36.5 Å². The second kappa shape index (κ2) is 6.13. The van der Waals surface area contributed by atoms with Crippen molar-refractivity contribution in [3.05, 3.63) is 59.8 Å². The zero-order valence-corrected chi connectivity index (χ0v) is 13.2. The predicted octanol–water partition coefficient (Wildman–Crippen LogP) is 2.57. The molecular weight excluding hydrogens is 286 g/mol. The van der Waals surface area contributed by atoms with Crippen LogP contribution in [0.1, 0.15) is 28.3 Å². The van der Waals surface area contributed by atoms with E-state index in [9.17, 15) is 4.79 Å². The van der Waals surface area contributed by atoms with Gasteiger partial charge in [-0.25, -0.2) is 4.98 Å². The fraction of sp³-hybridized carbons (Fsp3) is 0.368. The van der Waals surface area contributed by atoms with Gasteiger partial charge in [-0.3, -0.25) is 9.69 Å². The number of nitrogens with zero attached hydrogens (tertiary/aromatic N) is 3. The van der Waals surface area contributed by atoms with E-state index in [1.165, 1.54) is 5.56 Å². The van der Waals surface area contributed by atoms with E-state index in [-0.39, 0.29) is 0 Å². The second-order valence-corrected chi connectivity index (χ2v) is 6.39. The number of rotatable bonds is 3. The van der Waals surface area contributed by atoms with E-state index in [0.717, 1.165) is 44.1 Å². The molecule has 1 aromatic heterocycles. The summed E-state index contributed by atoms with van der Waals surface area (Å²) in [5, 5.41) is 0. The number of hydrogen-bond acceptors (Lipinski definition) is 4. The summed E-state index contributed by atoms with van der Waals surface area (Å²) >= 11 is 0. The third kappa shape index (κ3) is 2.86. The summed E-state index contributed by atoms with van der Waals surface area (Å²) in [7, 11) is 0. The Kier molecular flexibility index (Phi) is 3.83. The zero-order valence-electron chi connectivity index (χ0n) is 13.2. The first-order chi connectivity index (χ1) is 11.3. The van der Waals surface area contributed by atoms with E-state index in [2.05, 4.69) is 26.9 Å². The summed E-state index contributed by atoms with van der Waals surface area (Å²) in [4.78, 5) is 21.4. The predicted molar refractivity (Wildman–Crippen MR) is 91.0 cm³/mol. The number of benzene rings is 1. The maximum absolute atomic E-state index is 12.1. The molecule has 0 spiro atoms. The second-order valence-electron chi connectivity index (χ2n) is 6.39. The number of ketones is 1. The summed E-state index contributed by atoms with van der Waals surface area (Å²) < 4.78 is 0. The lowest BCUT2D eigenvalue weighted by Gasteiger charge is -2.36. The summed E-state index contributed by atoms with van der Waals surface area (Å²) in [6, 6.07) is 14.2. The molecule has 1 fully saturated rings. The third-order valence-corrected chi connectivity index (χ3v) is 4.96. The molecule has 1 atom stereocenters. The molecule has 1 aromatic carbocycles. The number of Topliss-reactive ketones (excluding diaryl/α,β-unsaturated/α-hetero) is 1. The number of anilines is 1. The van der Waals surface area contributed by atoms with Crippen molar-refractivity contribution >= 4 is 11.6 Å². The average Bonchev–Trinajstić information content (AvgIpc) is 2.93. The number of piperazine rings is 1. The highest BCUT2D eigenvalue weighted by atomic mass is 16.1. The van der Waals surface area contributed by atoms with Crippen molar-refractivity contribution in [1.29, 1.82) is 0 Å². The van der Waals surface area contributed by atoms with Gasteiger partial charge < -0.3 is 4.90 Å². The molecule has 23 heavy (non-hydrogen) atoms. The average molecular weight is 307 g/mol. The molecule has 0 N–H and O–H groups in total. The molecule has 0 amide bonds. The highest BCUT2D eigenvalue weighted by molar-refractivity contribution is 6.01. The van der Waals surface area contributed by atoms with Gasteiger partial charge in [0.25, 0.3) is 0 Å². The Labute approximate surface area is 136 Å². The summed E-state index contributed by atoms with van der Waals surface area (Å²) in [6.07, 6.45) is 2.52. The van der Waals surface area contributed by atoms with Crippen molar-refractivity contribution in [3.8, 4) is 0 Å². The Balaban J connectivity index is 1.38. The van der Waals surface area contributed by atoms with Crippen molar-refractivity contribution < 1.29 is 4.79 Å². The molecule has 0 unspecified atom stereocenters. The lowest BCUT2D eigenvalue weighted by molar-refractivity contribution is 0.0983. The van der Waals surface area contributed by atoms with Crippen LogP contribution in [0.15, 0.2) is 48.7 Å². The molecule has 1 saturated heterocycles. The van der Waals surface area contributed by atoms with E-state index in [1.54, 1.807) is 0 Å². The largest absolute Gasteiger partial charge is 0.354 e. The van der Waals surface area contributed by atoms with Crippen molar-refractivity contribution in [1.82, 2.24) is 9.88 Å². The first kappa shape index (κ1) is 14.4. The van der Waals surface area contributed by atoms with Crippen molar-refractivity contribution in [2.24, 2.45) is 0 Å². The molecule has 0 saturated carbocycles. The van der Waals surface area contributed by atoms with E-state index >= 15 is 0 Å². The summed E-state index contributed by atoms with van der Waals surface area (Å²) in [6.45, 7) is 5.05. The van der Waals surface area contributed by atoms with Crippen LogP contribution >= 0.6 is 0 Å². The number of hydrogen-bond donors (Lipinski definition) is 0. The highest BCUT2D eigenvalue weighted by Crippen LogP contribution is 2.33. The lowest BCUT2D eigenvalue weighted by Crippen LogP contribution is -2.47. The monoisotopic (exact) mass is 307 g/mol. The normalized spacial score (nSPS) is 21.5. The molecule has 4 rings (SSSR count). The molecule has 1 aliphatic heterocycles. The first-order valence-corrected chi connectivity index (χ1v) is 8.32. The van der Waals surface area contributed by atoms with Gasteiger partial charge in [0.05, 0.1) is 0 Å². The minimum absolute atomic E-state index is 0.303. The van der Waals surface area contributed by atoms with Crippen LogP contribution in [0.2, 0.25) is 0 Å². The van der Waals surface area contributed by atoms with Gasteiger partial charge >= 0.3 is 0 Å². The Morgan fingerprint density at radius 1 is 1.00 bits per heavy atom. The van der Waals surface area contributed by atoms with Crippen LogP contribution < -0.4 is 4.90 Å². The SMILES string of the molecule is O=C1C[C@@H](CN2CCN(c3ccccn3)CC2)c2ccccc21. The number of aromatic nitrogens is 1. The molecule has 2 aromatic rings. The molecule has 0 radical (unpaired) electrons. The molecule has 1 aliphatic carbocycles. The topological polar surface area (TPSA) is 36.4 Å².